The number of carbonyl (C=O) groups excluding carboxylic acids is 1. The fraction of sp³-hybridized carbons (Fsp3) is 0.588. The summed E-state index contributed by atoms with van der Waals surface area (Å²) in [6, 6.07) is 6.09. The van der Waals surface area contributed by atoms with Gasteiger partial charge >= 0.3 is 0 Å². The van der Waals surface area contributed by atoms with E-state index in [4.69, 9.17) is 9.47 Å². The third-order valence-corrected chi connectivity index (χ3v) is 4.03. The minimum atomic E-state index is -0.265. The van der Waals surface area contributed by atoms with E-state index in [0.29, 0.717) is 19.5 Å². The Morgan fingerprint density at radius 1 is 1.43 bits per heavy atom. The van der Waals surface area contributed by atoms with Gasteiger partial charge in [0.05, 0.1) is 24.7 Å². The van der Waals surface area contributed by atoms with E-state index in [-0.39, 0.29) is 17.6 Å². The Hall–Kier alpha value is -1.55. The van der Waals surface area contributed by atoms with Gasteiger partial charge in [0, 0.05) is 19.5 Å². The van der Waals surface area contributed by atoms with Crippen molar-refractivity contribution >= 4 is 5.91 Å². The summed E-state index contributed by atoms with van der Waals surface area (Å²) in [6.45, 7) is 8.18. The first-order valence-corrected chi connectivity index (χ1v) is 7.63. The van der Waals surface area contributed by atoms with Gasteiger partial charge in [-0.05, 0) is 38.0 Å². The first-order chi connectivity index (χ1) is 9.93. The van der Waals surface area contributed by atoms with Crippen molar-refractivity contribution in [2.45, 2.75) is 45.3 Å². The van der Waals surface area contributed by atoms with Crippen molar-refractivity contribution in [3.05, 3.63) is 29.3 Å². The molecule has 3 rings (SSSR count). The number of amides is 1. The lowest BCUT2D eigenvalue weighted by Crippen LogP contribution is -2.54. The van der Waals surface area contributed by atoms with Crippen LogP contribution in [0.25, 0.3) is 0 Å². The van der Waals surface area contributed by atoms with Crippen LogP contribution in [0.3, 0.4) is 0 Å². The number of nitrogens with zero attached hydrogens (tertiary/aromatic N) is 1. The van der Waals surface area contributed by atoms with E-state index < -0.39 is 0 Å². The van der Waals surface area contributed by atoms with Crippen molar-refractivity contribution in [2.75, 3.05) is 19.7 Å². The second-order valence-corrected chi connectivity index (χ2v) is 6.68. The number of fused-ring (bicyclic) bond motifs is 1. The minimum absolute atomic E-state index is 0.0890. The van der Waals surface area contributed by atoms with Crippen LogP contribution in [-0.2, 0) is 22.4 Å². The SMILES string of the molecule is C[C@H]1CN(C(=O)Cc2ccc3c(c2)CCO3)CC(C)(C)O1. The van der Waals surface area contributed by atoms with E-state index in [1.807, 2.05) is 37.8 Å². The number of morpholine rings is 1. The Labute approximate surface area is 126 Å². The highest BCUT2D eigenvalue weighted by Crippen LogP contribution is 2.27. The Bertz CT molecular complexity index is 553. The fourth-order valence-corrected chi connectivity index (χ4v) is 3.28. The largest absolute Gasteiger partial charge is 0.493 e. The Morgan fingerprint density at radius 2 is 2.24 bits per heavy atom. The summed E-state index contributed by atoms with van der Waals surface area (Å²) in [7, 11) is 0. The summed E-state index contributed by atoms with van der Waals surface area (Å²) in [5.74, 6) is 1.14. The van der Waals surface area contributed by atoms with E-state index in [1.54, 1.807) is 0 Å². The molecule has 1 saturated heterocycles. The molecule has 2 aliphatic heterocycles. The van der Waals surface area contributed by atoms with Gasteiger partial charge in [-0.25, -0.2) is 0 Å². The lowest BCUT2D eigenvalue weighted by molar-refractivity contribution is -0.157. The van der Waals surface area contributed by atoms with Crippen molar-refractivity contribution in [3.8, 4) is 5.75 Å². The molecule has 21 heavy (non-hydrogen) atoms. The first-order valence-electron chi connectivity index (χ1n) is 7.63. The quantitative estimate of drug-likeness (QED) is 0.838. The zero-order valence-electron chi connectivity index (χ0n) is 13.0. The van der Waals surface area contributed by atoms with Crippen LogP contribution in [0.5, 0.6) is 5.75 Å². The Kier molecular flexibility index (Phi) is 3.66. The maximum atomic E-state index is 12.5. The molecule has 1 atom stereocenters. The maximum Gasteiger partial charge on any atom is 0.227 e. The zero-order chi connectivity index (χ0) is 15.0. The number of hydrogen-bond donors (Lipinski definition) is 0. The molecule has 1 amide bonds. The predicted molar refractivity (Wildman–Crippen MR) is 80.6 cm³/mol. The van der Waals surface area contributed by atoms with Gasteiger partial charge in [-0.1, -0.05) is 12.1 Å². The lowest BCUT2D eigenvalue weighted by Gasteiger charge is -2.41. The van der Waals surface area contributed by atoms with Gasteiger partial charge in [0.1, 0.15) is 5.75 Å². The normalized spacial score (nSPS) is 23.6. The van der Waals surface area contributed by atoms with Crippen LogP contribution < -0.4 is 4.74 Å². The molecule has 114 valence electrons. The number of rotatable bonds is 2. The van der Waals surface area contributed by atoms with Crippen LogP contribution in [0.2, 0.25) is 0 Å². The summed E-state index contributed by atoms with van der Waals surface area (Å²) >= 11 is 0. The third kappa shape index (κ3) is 3.21. The van der Waals surface area contributed by atoms with Crippen LogP contribution in [0.4, 0.5) is 0 Å². The molecule has 0 N–H and O–H groups in total. The molecule has 0 radical (unpaired) electrons. The predicted octanol–water partition coefficient (Wildman–Crippen LogP) is 2.19. The molecular weight excluding hydrogens is 266 g/mol. The Balaban J connectivity index is 1.68. The topological polar surface area (TPSA) is 38.8 Å². The molecule has 0 aliphatic carbocycles. The molecule has 0 spiro atoms. The van der Waals surface area contributed by atoms with E-state index >= 15 is 0 Å². The van der Waals surface area contributed by atoms with Crippen molar-refractivity contribution in [1.82, 2.24) is 4.90 Å². The molecule has 4 nitrogen and oxygen atoms in total. The number of carbonyl (C=O) groups is 1. The average molecular weight is 289 g/mol. The molecular formula is C17H23NO3. The van der Waals surface area contributed by atoms with E-state index in [2.05, 4.69) is 6.07 Å². The highest BCUT2D eigenvalue weighted by atomic mass is 16.5. The van der Waals surface area contributed by atoms with Gasteiger partial charge in [0.2, 0.25) is 5.91 Å². The second kappa shape index (κ2) is 5.34. The molecule has 2 heterocycles. The molecule has 1 aromatic rings. The molecule has 0 aromatic heterocycles. The van der Waals surface area contributed by atoms with Crippen LogP contribution >= 0.6 is 0 Å². The number of benzene rings is 1. The van der Waals surface area contributed by atoms with Gasteiger partial charge < -0.3 is 14.4 Å². The number of hydrogen-bond acceptors (Lipinski definition) is 3. The summed E-state index contributed by atoms with van der Waals surface area (Å²) < 4.78 is 11.4. The van der Waals surface area contributed by atoms with Gasteiger partial charge in [0.15, 0.2) is 0 Å². The molecule has 1 fully saturated rings. The van der Waals surface area contributed by atoms with Crippen LogP contribution in [0.15, 0.2) is 18.2 Å². The van der Waals surface area contributed by atoms with Crippen molar-refractivity contribution in [2.24, 2.45) is 0 Å². The highest BCUT2D eigenvalue weighted by Gasteiger charge is 2.33. The van der Waals surface area contributed by atoms with Gasteiger partial charge in [0.25, 0.3) is 0 Å². The van der Waals surface area contributed by atoms with Crippen LogP contribution in [0.1, 0.15) is 31.9 Å². The monoisotopic (exact) mass is 289 g/mol. The molecule has 1 aromatic carbocycles. The van der Waals surface area contributed by atoms with Crippen molar-refractivity contribution in [3.63, 3.8) is 0 Å². The average Bonchev–Trinajstić information content (AvgIpc) is 2.83. The molecule has 0 unspecified atom stereocenters. The standard InChI is InChI=1S/C17H23NO3/c1-12-10-18(11-17(2,3)21-12)16(19)9-13-4-5-15-14(8-13)6-7-20-15/h4-5,8,12H,6-7,9-11H2,1-3H3/t12-/m0/s1. The summed E-state index contributed by atoms with van der Waals surface area (Å²) in [5.41, 5.74) is 2.02. The Morgan fingerprint density at radius 3 is 3.00 bits per heavy atom. The van der Waals surface area contributed by atoms with Crippen LogP contribution in [0, 0.1) is 0 Å². The highest BCUT2D eigenvalue weighted by molar-refractivity contribution is 5.79. The maximum absolute atomic E-state index is 12.5. The van der Waals surface area contributed by atoms with Gasteiger partial charge in [-0.3, -0.25) is 4.79 Å². The third-order valence-electron chi connectivity index (χ3n) is 4.03. The second-order valence-electron chi connectivity index (χ2n) is 6.68. The molecule has 0 bridgehead atoms. The zero-order valence-corrected chi connectivity index (χ0v) is 13.0. The van der Waals surface area contributed by atoms with Gasteiger partial charge in [-0.15, -0.1) is 0 Å². The minimum Gasteiger partial charge on any atom is -0.493 e. The lowest BCUT2D eigenvalue weighted by atomic mass is 10.0. The summed E-state index contributed by atoms with van der Waals surface area (Å²) in [4.78, 5) is 14.5. The van der Waals surface area contributed by atoms with Gasteiger partial charge in [-0.2, -0.15) is 0 Å². The molecule has 2 aliphatic rings. The van der Waals surface area contributed by atoms with Crippen molar-refractivity contribution < 1.29 is 14.3 Å². The summed E-state index contributed by atoms with van der Waals surface area (Å²) in [5, 5.41) is 0. The van der Waals surface area contributed by atoms with E-state index in [1.165, 1.54) is 5.56 Å². The van der Waals surface area contributed by atoms with Crippen molar-refractivity contribution in [1.29, 1.82) is 0 Å². The van der Waals surface area contributed by atoms with E-state index in [9.17, 15) is 4.79 Å². The molecule has 0 saturated carbocycles. The van der Waals surface area contributed by atoms with Crippen LogP contribution in [-0.4, -0.2) is 42.2 Å². The first kappa shape index (κ1) is 14.4. The van der Waals surface area contributed by atoms with E-state index in [0.717, 1.165) is 24.3 Å². The fourth-order valence-electron chi connectivity index (χ4n) is 3.28. The molecule has 4 heteroatoms. The smallest absolute Gasteiger partial charge is 0.227 e. The number of ether oxygens (including phenoxy) is 2. The summed E-state index contributed by atoms with van der Waals surface area (Å²) in [6.07, 6.45) is 1.49.